The van der Waals surface area contributed by atoms with Crippen LogP contribution in [0.25, 0.3) is 0 Å². The van der Waals surface area contributed by atoms with Gasteiger partial charge in [-0.05, 0) is 38.2 Å². The van der Waals surface area contributed by atoms with E-state index in [1.807, 2.05) is 19.9 Å². The first-order valence-electron chi connectivity index (χ1n) is 4.31. The first-order chi connectivity index (χ1) is 6.68. The quantitative estimate of drug-likeness (QED) is 0.452. The predicted octanol–water partition coefficient (Wildman–Crippen LogP) is 1.49. The normalized spacial score (nSPS) is 10.8. The van der Waals surface area contributed by atoms with E-state index in [9.17, 15) is 0 Å². The third kappa shape index (κ3) is 4.04. The summed E-state index contributed by atoms with van der Waals surface area (Å²) in [4.78, 5) is 0. The van der Waals surface area contributed by atoms with Gasteiger partial charge in [0.15, 0.2) is 5.11 Å². The summed E-state index contributed by atoms with van der Waals surface area (Å²) in [7, 11) is 0. The average Bonchev–Trinajstić information content (AvgIpc) is 2.55. The second kappa shape index (κ2) is 5.39. The summed E-state index contributed by atoms with van der Waals surface area (Å²) < 4.78 is 5.04. The Hall–Kier alpha value is -1.36. The van der Waals surface area contributed by atoms with Gasteiger partial charge in [-0.3, -0.25) is 5.43 Å². The molecule has 1 aromatic heterocycles. The van der Waals surface area contributed by atoms with Gasteiger partial charge in [0.25, 0.3) is 0 Å². The van der Waals surface area contributed by atoms with Crippen LogP contribution in [0.3, 0.4) is 0 Å². The Kier molecular flexibility index (Phi) is 4.12. The lowest BCUT2D eigenvalue weighted by Crippen LogP contribution is -2.36. The van der Waals surface area contributed by atoms with Crippen molar-refractivity contribution in [3.05, 3.63) is 24.2 Å². The molecule has 0 unspecified atom stereocenters. The number of hydrogen-bond donors (Lipinski definition) is 2. The molecule has 1 heterocycles. The topological polar surface area (TPSA) is 49.6 Å². The van der Waals surface area contributed by atoms with Crippen LogP contribution >= 0.6 is 12.2 Å². The molecule has 0 aliphatic rings. The van der Waals surface area contributed by atoms with E-state index in [0.717, 1.165) is 0 Å². The van der Waals surface area contributed by atoms with Crippen LogP contribution in [0.1, 0.15) is 19.6 Å². The van der Waals surface area contributed by atoms with Gasteiger partial charge >= 0.3 is 0 Å². The van der Waals surface area contributed by atoms with Crippen molar-refractivity contribution in [2.45, 2.75) is 19.9 Å². The van der Waals surface area contributed by atoms with Gasteiger partial charge in [0, 0.05) is 6.04 Å². The van der Waals surface area contributed by atoms with E-state index in [1.54, 1.807) is 18.5 Å². The average molecular weight is 211 g/mol. The largest absolute Gasteiger partial charge is 0.463 e. The second-order valence-corrected chi connectivity index (χ2v) is 3.42. The maximum absolute atomic E-state index is 5.04. The molecule has 0 bridgehead atoms. The van der Waals surface area contributed by atoms with Crippen LogP contribution in [0.4, 0.5) is 0 Å². The van der Waals surface area contributed by atoms with Crippen molar-refractivity contribution in [3.8, 4) is 0 Å². The van der Waals surface area contributed by atoms with Crippen LogP contribution in [0.15, 0.2) is 27.9 Å². The minimum atomic E-state index is 0.300. The lowest BCUT2D eigenvalue weighted by atomic mass is 10.4. The van der Waals surface area contributed by atoms with Crippen molar-refractivity contribution in [1.82, 2.24) is 10.7 Å². The van der Waals surface area contributed by atoms with Gasteiger partial charge in [-0.25, -0.2) is 0 Å². The molecule has 0 aliphatic heterocycles. The fraction of sp³-hybridized carbons (Fsp3) is 0.333. The van der Waals surface area contributed by atoms with Gasteiger partial charge in [-0.1, -0.05) is 0 Å². The lowest BCUT2D eigenvalue weighted by Gasteiger charge is -2.08. The molecule has 0 radical (unpaired) electrons. The summed E-state index contributed by atoms with van der Waals surface area (Å²) in [5.41, 5.74) is 2.68. The smallest absolute Gasteiger partial charge is 0.187 e. The summed E-state index contributed by atoms with van der Waals surface area (Å²) in [6.07, 6.45) is 3.15. The maximum Gasteiger partial charge on any atom is 0.187 e. The maximum atomic E-state index is 5.04. The van der Waals surface area contributed by atoms with E-state index in [4.69, 9.17) is 16.6 Å². The zero-order chi connectivity index (χ0) is 10.4. The monoisotopic (exact) mass is 211 g/mol. The standard InChI is InChI=1S/C9H13N3OS/c1-7(2)11-9(14)12-10-6-8-4-3-5-13-8/h3-7H,1-2H3,(H2,11,12,14)/b10-6-. The Labute approximate surface area is 88.4 Å². The number of thiocarbonyl (C=S) groups is 1. The predicted molar refractivity (Wildman–Crippen MR) is 60.3 cm³/mol. The molecule has 0 aliphatic carbocycles. The summed E-state index contributed by atoms with van der Waals surface area (Å²) in [5.74, 6) is 0.685. The van der Waals surface area contributed by atoms with E-state index >= 15 is 0 Å². The number of nitrogens with zero attached hydrogens (tertiary/aromatic N) is 1. The van der Waals surface area contributed by atoms with Gasteiger partial charge in [0.05, 0.1) is 12.5 Å². The van der Waals surface area contributed by atoms with Crippen molar-refractivity contribution in [2.75, 3.05) is 0 Å². The first-order valence-corrected chi connectivity index (χ1v) is 4.72. The molecule has 0 fully saturated rings. The van der Waals surface area contributed by atoms with E-state index < -0.39 is 0 Å². The minimum absolute atomic E-state index is 0.300. The van der Waals surface area contributed by atoms with Crippen LogP contribution in [0, 0.1) is 0 Å². The van der Waals surface area contributed by atoms with Crippen molar-refractivity contribution in [3.63, 3.8) is 0 Å². The second-order valence-electron chi connectivity index (χ2n) is 3.01. The first kappa shape index (κ1) is 10.7. The Balaban J connectivity index is 2.30. The summed E-state index contributed by atoms with van der Waals surface area (Å²) >= 11 is 4.96. The zero-order valence-corrected chi connectivity index (χ0v) is 8.97. The minimum Gasteiger partial charge on any atom is -0.463 e. The molecular formula is C9H13N3OS. The molecule has 0 saturated carbocycles. The molecule has 0 saturated heterocycles. The Morgan fingerprint density at radius 1 is 1.64 bits per heavy atom. The third-order valence-electron chi connectivity index (χ3n) is 1.32. The molecule has 0 atom stereocenters. The van der Waals surface area contributed by atoms with Crippen LogP contribution in [0.2, 0.25) is 0 Å². The highest BCUT2D eigenvalue weighted by Crippen LogP contribution is 1.94. The molecule has 0 aromatic carbocycles. The van der Waals surface area contributed by atoms with Crippen LogP contribution in [-0.2, 0) is 0 Å². The van der Waals surface area contributed by atoms with Gasteiger partial charge in [-0.15, -0.1) is 0 Å². The third-order valence-corrected chi connectivity index (χ3v) is 1.53. The van der Waals surface area contributed by atoms with Crippen LogP contribution in [-0.4, -0.2) is 17.4 Å². The molecule has 5 heteroatoms. The Bertz CT molecular complexity index is 306. The number of hydrazone groups is 1. The molecule has 0 spiro atoms. The van der Waals surface area contributed by atoms with Crippen LogP contribution < -0.4 is 10.7 Å². The van der Waals surface area contributed by atoms with Gasteiger partial charge in [-0.2, -0.15) is 5.10 Å². The van der Waals surface area contributed by atoms with Gasteiger partial charge < -0.3 is 9.73 Å². The van der Waals surface area contributed by atoms with Crippen molar-refractivity contribution in [2.24, 2.45) is 5.10 Å². The van der Waals surface area contributed by atoms with Gasteiger partial charge in [0.1, 0.15) is 5.76 Å². The van der Waals surface area contributed by atoms with E-state index in [-0.39, 0.29) is 0 Å². The molecule has 76 valence electrons. The fourth-order valence-corrected chi connectivity index (χ4v) is 1.10. The van der Waals surface area contributed by atoms with E-state index in [1.165, 1.54) is 0 Å². The number of hydrogen-bond acceptors (Lipinski definition) is 3. The number of rotatable bonds is 3. The molecule has 1 rings (SSSR count). The van der Waals surface area contributed by atoms with Gasteiger partial charge in [0.2, 0.25) is 0 Å². The molecule has 2 N–H and O–H groups in total. The molecule has 0 amide bonds. The highest BCUT2D eigenvalue weighted by molar-refractivity contribution is 7.80. The lowest BCUT2D eigenvalue weighted by molar-refractivity contribution is 0.559. The van der Waals surface area contributed by atoms with E-state index in [2.05, 4.69) is 15.8 Å². The summed E-state index contributed by atoms with van der Waals surface area (Å²) in [6.45, 7) is 4.01. The Morgan fingerprint density at radius 2 is 2.43 bits per heavy atom. The van der Waals surface area contributed by atoms with Crippen molar-refractivity contribution in [1.29, 1.82) is 0 Å². The highest BCUT2D eigenvalue weighted by Gasteiger charge is 1.95. The highest BCUT2D eigenvalue weighted by atomic mass is 32.1. The van der Waals surface area contributed by atoms with Crippen molar-refractivity contribution >= 4 is 23.5 Å². The summed E-state index contributed by atoms with van der Waals surface area (Å²) in [6, 6.07) is 3.91. The molecular weight excluding hydrogens is 198 g/mol. The van der Waals surface area contributed by atoms with Crippen molar-refractivity contribution < 1.29 is 4.42 Å². The van der Waals surface area contributed by atoms with Crippen LogP contribution in [0.5, 0.6) is 0 Å². The number of furan rings is 1. The SMILES string of the molecule is CC(C)NC(=S)N/N=C\c1ccco1. The summed E-state index contributed by atoms with van der Waals surface area (Å²) in [5, 5.41) is 7.40. The zero-order valence-electron chi connectivity index (χ0n) is 8.15. The molecule has 14 heavy (non-hydrogen) atoms. The Morgan fingerprint density at radius 3 is 3.00 bits per heavy atom. The molecule has 4 nitrogen and oxygen atoms in total. The van der Waals surface area contributed by atoms with E-state index in [0.29, 0.717) is 16.9 Å². The fourth-order valence-electron chi connectivity index (χ4n) is 0.814. The molecule has 1 aromatic rings. The number of nitrogens with one attached hydrogen (secondary N) is 2.